The predicted molar refractivity (Wildman–Crippen MR) is 66.6 cm³/mol. The van der Waals surface area contributed by atoms with Gasteiger partial charge in [-0.05, 0) is 12.8 Å². The molecule has 0 heterocycles. The van der Waals surface area contributed by atoms with Crippen LogP contribution in [0.1, 0.15) is 39.5 Å². The zero-order valence-corrected chi connectivity index (χ0v) is 11.5. The molecule has 0 saturated heterocycles. The van der Waals surface area contributed by atoms with Crippen LogP contribution in [0.5, 0.6) is 0 Å². The number of unbranched alkanes of at least 4 members (excludes halogenated alkanes) is 2. The van der Waals surface area contributed by atoms with E-state index in [0.717, 1.165) is 11.8 Å². The highest BCUT2D eigenvalue weighted by atomic mass is 16.7. The topological polar surface area (TPSA) is 101 Å². The quantitative estimate of drug-likeness (QED) is 0.354. The van der Waals surface area contributed by atoms with Crippen LogP contribution >= 0.6 is 0 Å². The molecule has 0 aromatic rings. The summed E-state index contributed by atoms with van der Waals surface area (Å²) in [5.74, 6) is -1.70. The number of hydroxylamine groups is 2. The third kappa shape index (κ3) is 7.24. The minimum Gasteiger partial charge on any atom is -0.331 e. The van der Waals surface area contributed by atoms with Gasteiger partial charge in [0.15, 0.2) is 0 Å². The Hall–Kier alpha value is -2.25. The Morgan fingerprint density at radius 1 is 0.950 bits per heavy atom. The van der Waals surface area contributed by atoms with Crippen molar-refractivity contribution in [2.75, 3.05) is 6.54 Å². The van der Waals surface area contributed by atoms with Crippen LogP contribution in [0.15, 0.2) is 0 Å². The van der Waals surface area contributed by atoms with Gasteiger partial charge in [0.05, 0.1) is 0 Å². The van der Waals surface area contributed by atoms with Crippen molar-refractivity contribution in [3.05, 3.63) is 0 Å². The van der Waals surface area contributed by atoms with E-state index in [2.05, 4.69) is 4.84 Å². The SMILES string of the molecule is CC(=O)N(C=O)CCCCCC(=O)ON(C=O)C(C)=O. The van der Waals surface area contributed by atoms with E-state index in [0.29, 0.717) is 37.3 Å². The summed E-state index contributed by atoms with van der Waals surface area (Å²) < 4.78 is 0. The van der Waals surface area contributed by atoms with Crippen LogP contribution in [-0.4, -0.2) is 47.1 Å². The van der Waals surface area contributed by atoms with Gasteiger partial charge >= 0.3 is 5.97 Å². The fourth-order valence-corrected chi connectivity index (χ4v) is 1.33. The van der Waals surface area contributed by atoms with E-state index < -0.39 is 11.9 Å². The molecule has 20 heavy (non-hydrogen) atoms. The molecule has 0 aliphatic rings. The average molecular weight is 286 g/mol. The van der Waals surface area contributed by atoms with Crippen LogP contribution in [0, 0.1) is 0 Å². The van der Waals surface area contributed by atoms with Gasteiger partial charge in [0.2, 0.25) is 12.3 Å². The van der Waals surface area contributed by atoms with Crippen molar-refractivity contribution in [2.24, 2.45) is 0 Å². The first-order valence-corrected chi connectivity index (χ1v) is 6.10. The number of carbonyl (C=O) groups is 5. The largest absolute Gasteiger partial charge is 0.333 e. The number of carbonyl (C=O) groups excluding carboxylic acids is 5. The molecule has 0 aliphatic heterocycles. The molecule has 0 aliphatic carbocycles. The second-order valence-corrected chi connectivity index (χ2v) is 4.04. The van der Waals surface area contributed by atoms with Crippen LogP contribution in [0.3, 0.4) is 0 Å². The molecule has 4 amide bonds. The third-order valence-electron chi connectivity index (χ3n) is 2.42. The molecule has 0 rings (SSSR count). The zero-order valence-electron chi connectivity index (χ0n) is 11.5. The molecule has 0 fully saturated rings. The summed E-state index contributed by atoms with van der Waals surface area (Å²) in [4.78, 5) is 59.4. The van der Waals surface area contributed by atoms with Crippen molar-refractivity contribution >= 4 is 30.6 Å². The van der Waals surface area contributed by atoms with Gasteiger partial charge in [-0.2, -0.15) is 0 Å². The van der Waals surface area contributed by atoms with Crippen LogP contribution < -0.4 is 0 Å². The number of nitrogens with zero attached hydrogens (tertiary/aromatic N) is 2. The second-order valence-electron chi connectivity index (χ2n) is 4.04. The van der Waals surface area contributed by atoms with Gasteiger partial charge in [0, 0.05) is 26.8 Å². The van der Waals surface area contributed by atoms with Gasteiger partial charge in [-0.25, -0.2) is 4.79 Å². The molecule has 0 unspecified atom stereocenters. The molecule has 0 bridgehead atoms. The monoisotopic (exact) mass is 286 g/mol. The fraction of sp³-hybridized carbons (Fsp3) is 0.583. The minimum absolute atomic E-state index is 0.0405. The summed E-state index contributed by atoms with van der Waals surface area (Å²) in [6.07, 6.45) is 2.26. The normalized spacial score (nSPS) is 9.50. The summed E-state index contributed by atoms with van der Waals surface area (Å²) in [5.41, 5.74) is 0. The van der Waals surface area contributed by atoms with Crippen LogP contribution in [-0.2, 0) is 28.8 Å². The average Bonchev–Trinajstić information content (AvgIpc) is 2.39. The highest BCUT2D eigenvalue weighted by molar-refractivity contribution is 5.85. The van der Waals surface area contributed by atoms with Gasteiger partial charge in [0.25, 0.3) is 12.3 Å². The molecule has 0 spiro atoms. The van der Waals surface area contributed by atoms with Crippen molar-refractivity contribution in [1.82, 2.24) is 9.96 Å². The van der Waals surface area contributed by atoms with Gasteiger partial charge in [-0.15, -0.1) is 5.06 Å². The van der Waals surface area contributed by atoms with Crippen molar-refractivity contribution in [2.45, 2.75) is 39.5 Å². The van der Waals surface area contributed by atoms with Gasteiger partial charge in [-0.1, -0.05) is 6.42 Å². The Labute approximate surface area is 116 Å². The maximum absolute atomic E-state index is 11.3. The van der Waals surface area contributed by atoms with Crippen molar-refractivity contribution in [1.29, 1.82) is 0 Å². The number of hydrogen-bond acceptors (Lipinski definition) is 6. The smallest absolute Gasteiger partial charge is 0.331 e. The van der Waals surface area contributed by atoms with E-state index in [-0.39, 0.29) is 18.7 Å². The molecule has 0 radical (unpaired) electrons. The Balaban J connectivity index is 3.82. The Morgan fingerprint density at radius 2 is 1.60 bits per heavy atom. The van der Waals surface area contributed by atoms with Gasteiger partial charge in [0.1, 0.15) is 0 Å². The summed E-state index contributed by atoms with van der Waals surface area (Å²) in [5, 5.41) is 0.326. The third-order valence-corrected chi connectivity index (χ3v) is 2.42. The lowest BCUT2D eigenvalue weighted by Gasteiger charge is -2.13. The Bertz CT molecular complexity index is 382. The predicted octanol–water partition coefficient (Wildman–Crippen LogP) is 0.0148. The molecule has 0 aromatic carbocycles. The lowest BCUT2D eigenvalue weighted by atomic mass is 10.2. The van der Waals surface area contributed by atoms with Crippen molar-refractivity contribution < 1.29 is 28.8 Å². The molecule has 8 heteroatoms. The molecule has 112 valence electrons. The maximum atomic E-state index is 11.3. The summed E-state index contributed by atoms with van der Waals surface area (Å²) in [7, 11) is 0. The fourth-order valence-electron chi connectivity index (χ4n) is 1.33. The van der Waals surface area contributed by atoms with Gasteiger partial charge in [-0.3, -0.25) is 24.1 Å². The Kier molecular flexibility index (Phi) is 8.56. The number of imide groups is 2. The van der Waals surface area contributed by atoms with E-state index in [9.17, 15) is 24.0 Å². The Morgan fingerprint density at radius 3 is 2.05 bits per heavy atom. The number of rotatable bonds is 8. The minimum atomic E-state index is -0.689. The number of hydrogen-bond donors (Lipinski definition) is 0. The van der Waals surface area contributed by atoms with Gasteiger partial charge < -0.3 is 4.84 Å². The van der Waals surface area contributed by atoms with E-state index in [1.807, 2.05) is 0 Å². The summed E-state index contributed by atoms with van der Waals surface area (Å²) in [6, 6.07) is 0. The molecule has 0 aromatic heterocycles. The molecule has 0 saturated carbocycles. The zero-order chi connectivity index (χ0) is 15.5. The van der Waals surface area contributed by atoms with Crippen LogP contribution in [0.4, 0.5) is 0 Å². The molecule has 0 N–H and O–H groups in total. The first-order chi connectivity index (χ1) is 9.42. The summed E-state index contributed by atoms with van der Waals surface area (Å²) >= 11 is 0. The van der Waals surface area contributed by atoms with E-state index >= 15 is 0 Å². The lowest BCUT2D eigenvalue weighted by molar-refractivity contribution is -0.195. The lowest BCUT2D eigenvalue weighted by Crippen LogP contribution is -2.30. The molecule has 8 nitrogen and oxygen atoms in total. The molecule has 0 atom stereocenters. The summed E-state index contributed by atoms with van der Waals surface area (Å²) in [6.45, 7) is 2.68. The van der Waals surface area contributed by atoms with Crippen molar-refractivity contribution in [3.63, 3.8) is 0 Å². The van der Waals surface area contributed by atoms with Crippen LogP contribution in [0.2, 0.25) is 0 Å². The number of amides is 4. The molecular weight excluding hydrogens is 268 g/mol. The van der Waals surface area contributed by atoms with E-state index in [4.69, 9.17) is 0 Å². The van der Waals surface area contributed by atoms with E-state index in [1.54, 1.807) is 0 Å². The molecular formula is C12H18N2O6. The standard InChI is InChI=1S/C12H18N2O6/c1-10(17)13(8-15)7-5-3-4-6-12(19)20-14(9-16)11(2)18/h8-9H,3-7H2,1-2H3. The second kappa shape index (κ2) is 9.65. The first kappa shape index (κ1) is 17.8. The van der Waals surface area contributed by atoms with Crippen LogP contribution in [0.25, 0.3) is 0 Å². The first-order valence-electron chi connectivity index (χ1n) is 6.10. The highest BCUT2D eigenvalue weighted by Gasteiger charge is 2.13. The van der Waals surface area contributed by atoms with Crippen molar-refractivity contribution in [3.8, 4) is 0 Å². The van der Waals surface area contributed by atoms with E-state index in [1.165, 1.54) is 6.92 Å². The maximum Gasteiger partial charge on any atom is 0.333 e. The highest BCUT2D eigenvalue weighted by Crippen LogP contribution is 2.04.